The number of pyridine rings is 1. The summed E-state index contributed by atoms with van der Waals surface area (Å²) in [6.07, 6.45) is 6.71. The summed E-state index contributed by atoms with van der Waals surface area (Å²) in [6.45, 7) is 26.1. The molecule has 0 amide bonds. The maximum atomic E-state index is 12.2. The van der Waals surface area contributed by atoms with Gasteiger partial charge in [-0.3, -0.25) is 9.78 Å². The normalized spacial score (nSPS) is 12.6. The van der Waals surface area contributed by atoms with E-state index in [1.807, 2.05) is 59.1 Å². The number of benzene rings is 4. The number of ketones is 1. The summed E-state index contributed by atoms with van der Waals surface area (Å²) in [5, 5.41) is 16.8. The van der Waals surface area contributed by atoms with Gasteiger partial charge >= 0.3 is 0 Å². The molecule has 6 rings (SSSR count). The van der Waals surface area contributed by atoms with Crippen LogP contribution in [-0.4, -0.2) is 23.9 Å². The van der Waals surface area contributed by atoms with Crippen molar-refractivity contribution >= 4 is 56.4 Å². The molecule has 0 spiro atoms. The summed E-state index contributed by atoms with van der Waals surface area (Å²) < 4.78 is 1.24. The predicted molar refractivity (Wildman–Crippen MR) is 247 cm³/mol. The Bertz CT molecular complexity index is 2330. The number of nitrogens with zero attached hydrogens (tertiary/aromatic N) is 1. The number of thiophene rings is 1. The molecule has 0 atom stereocenters. The van der Waals surface area contributed by atoms with Crippen molar-refractivity contribution in [3.05, 3.63) is 126 Å². The molecule has 0 saturated carbocycles. The largest absolute Gasteiger partial charge is 0.512 e. The second-order valence-electron chi connectivity index (χ2n) is 17.5. The molecule has 2 aromatic heterocycles. The summed E-state index contributed by atoms with van der Waals surface area (Å²) in [4.78, 5) is 18.4. The second kappa shape index (κ2) is 18.5. The quantitative estimate of drug-likeness (QED) is 0.0609. The van der Waals surface area contributed by atoms with E-state index >= 15 is 0 Å². The molecule has 0 unspecified atom stereocenters. The van der Waals surface area contributed by atoms with Crippen LogP contribution < -0.4 is 10.4 Å². The minimum Gasteiger partial charge on any atom is -0.512 e. The molecular formula is C51H62IrNO2SSi-. The third-order valence-corrected chi connectivity index (χ3v) is 17.6. The minimum absolute atomic E-state index is 0. The molecule has 0 bridgehead atoms. The number of rotatable bonds is 11. The minimum atomic E-state index is -1.73. The fourth-order valence-electron chi connectivity index (χ4n) is 7.34. The van der Waals surface area contributed by atoms with Gasteiger partial charge < -0.3 is 5.11 Å². The Morgan fingerprint density at radius 1 is 0.772 bits per heavy atom. The van der Waals surface area contributed by atoms with Crippen molar-refractivity contribution in [1.82, 2.24) is 4.98 Å². The molecule has 57 heavy (non-hydrogen) atoms. The van der Waals surface area contributed by atoms with Crippen molar-refractivity contribution in [2.24, 2.45) is 10.8 Å². The van der Waals surface area contributed by atoms with Crippen LogP contribution in [0.1, 0.15) is 99.1 Å². The molecule has 1 radical (unpaired) electrons. The van der Waals surface area contributed by atoms with Gasteiger partial charge in [-0.2, -0.15) is 0 Å². The number of aliphatic hydroxyl groups is 1. The Hall–Kier alpha value is -3.67. The van der Waals surface area contributed by atoms with Crippen molar-refractivity contribution in [2.75, 3.05) is 0 Å². The van der Waals surface area contributed by atoms with Crippen molar-refractivity contribution < 1.29 is 30.0 Å². The van der Waals surface area contributed by atoms with E-state index in [4.69, 9.17) is 4.98 Å². The number of aromatic nitrogens is 1. The maximum absolute atomic E-state index is 12.2. The molecule has 6 heteroatoms. The molecule has 0 aliphatic rings. The molecular weight excluding hydrogens is 911 g/mol. The van der Waals surface area contributed by atoms with E-state index in [1.165, 1.54) is 53.5 Å². The zero-order chi connectivity index (χ0) is 41.1. The summed E-state index contributed by atoms with van der Waals surface area (Å²) in [6, 6.07) is 37.1. The summed E-state index contributed by atoms with van der Waals surface area (Å²) in [5.41, 5.74) is 5.45. The van der Waals surface area contributed by atoms with E-state index in [0.717, 1.165) is 42.3 Å². The van der Waals surface area contributed by atoms with Crippen LogP contribution in [0.3, 0.4) is 0 Å². The van der Waals surface area contributed by atoms with E-state index in [-0.39, 0.29) is 47.9 Å². The van der Waals surface area contributed by atoms with Gasteiger partial charge in [0, 0.05) is 58.5 Å². The van der Waals surface area contributed by atoms with Gasteiger partial charge in [-0.15, -0.1) is 40.5 Å². The number of hydrogen-bond acceptors (Lipinski definition) is 4. The van der Waals surface area contributed by atoms with E-state index in [1.54, 1.807) is 0 Å². The van der Waals surface area contributed by atoms with Crippen LogP contribution in [0.4, 0.5) is 0 Å². The Morgan fingerprint density at radius 3 is 1.91 bits per heavy atom. The van der Waals surface area contributed by atoms with E-state index < -0.39 is 8.07 Å². The number of allylic oxidation sites excluding steroid dienone is 2. The monoisotopic (exact) mass is 973 g/mol. The van der Waals surface area contributed by atoms with Gasteiger partial charge in [0.1, 0.15) is 13.8 Å². The van der Waals surface area contributed by atoms with E-state index in [9.17, 15) is 9.90 Å². The first-order valence-electron chi connectivity index (χ1n) is 20.4. The Kier molecular flexibility index (Phi) is 14.9. The maximum Gasteiger partial charge on any atom is 0.164 e. The van der Waals surface area contributed by atoms with E-state index in [0.29, 0.717) is 0 Å². The average molecular weight is 973 g/mol. The zero-order valence-electron chi connectivity index (χ0n) is 36.2. The van der Waals surface area contributed by atoms with Gasteiger partial charge in [-0.05, 0) is 60.6 Å². The van der Waals surface area contributed by atoms with Gasteiger partial charge in [0.15, 0.2) is 5.78 Å². The standard InChI is InChI=1S/C36H34NSSi.C15H28O2.Ir/c1-24-30-20-21-37-33(27-22-26-12-10-11-15-31(26)32(23-27)36(2,3)4)35(30)38-34(24)25-16-18-29(19-17-25)39(5,6)28-13-8-7-9-14-28;1-7-14(5,8-2)12(16)11-13(17)15(6,9-3)10-4;/h7-21,23H,1-6H3;11,16H,7-10H2,1-6H3;/q-1;;/b;12-11-;. The number of carbonyl (C=O) groups is 1. The van der Waals surface area contributed by atoms with Crippen LogP contribution in [0.2, 0.25) is 13.1 Å². The number of carbonyl (C=O) groups excluding carboxylic acids is 1. The predicted octanol–water partition coefficient (Wildman–Crippen LogP) is 13.7. The molecule has 0 saturated heterocycles. The topological polar surface area (TPSA) is 50.2 Å². The van der Waals surface area contributed by atoms with Crippen LogP contribution in [-0.2, 0) is 30.3 Å². The summed E-state index contributed by atoms with van der Waals surface area (Å²) >= 11 is 1.86. The second-order valence-corrected chi connectivity index (χ2v) is 22.9. The Labute approximate surface area is 361 Å². The van der Waals surface area contributed by atoms with Crippen LogP contribution >= 0.6 is 11.3 Å². The number of hydrogen-bond donors (Lipinski definition) is 1. The smallest absolute Gasteiger partial charge is 0.164 e. The molecule has 303 valence electrons. The third-order valence-electron chi connectivity index (χ3n) is 12.7. The molecule has 0 fully saturated rings. The van der Waals surface area contributed by atoms with Crippen molar-refractivity contribution in [2.45, 2.75) is 113 Å². The number of fused-ring (bicyclic) bond motifs is 2. The number of aliphatic hydroxyl groups excluding tert-OH is 1. The van der Waals surface area contributed by atoms with Gasteiger partial charge in [0.25, 0.3) is 0 Å². The SMILES string of the molecule is CCC(C)(CC)C(=O)/C=C(\O)C(C)(CC)CC.Cc1c(-c2ccc([Si](C)(C)c3ccccc3)cc2)sc2c(-c3[c-]c4ccccc4c(C(C)(C)C)c3)nccc12.[Ir]. The first-order valence-corrected chi connectivity index (χ1v) is 24.2. The van der Waals surface area contributed by atoms with Gasteiger partial charge in [0.2, 0.25) is 0 Å². The molecule has 4 aromatic carbocycles. The molecule has 6 aromatic rings. The fourth-order valence-corrected chi connectivity index (χ4v) is 11.0. The summed E-state index contributed by atoms with van der Waals surface area (Å²) in [7, 11) is -1.73. The van der Waals surface area contributed by atoms with Crippen LogP contribution in [0.25, 0.3) is 42.6 Å². The van der Waals surface area contributed by atoms with Gasteiger partial charge in [-0.25, -0.2) is 0 Å². The Balaban J connectivity index is 0.000000341. The first-order chi connectivity index (χ1) is 26.4. The molecule has 3 nitrogen and oxygen atoms in total. The fraction of sp³-hybridized carbons (Fsp3) is 0.373. The zero-order valence-corrected chi connectivity index (χ0v) is 40.4. The van der Waals surface area contributed by atoms with Crippen LogP contribution in [0.15, 0.2) is 109 Å². The molecule has 2 heterocycles. The molecule has 1 N–H and O–H groups in total. The first kappa shape index (κ1) is 46.0. The van der Waals surface area contributed by atoms with Gasteiger partial charge in [-0.1, -0.05) is 170 Å². The van der Waals surface area contributed by atoms with Crippen LogP contribution in [0.5, 0.6) is 0 Å². The van der Waals surface area contributed by atoms with Gasteiger partial charge in [0.05, 0.1) is 0 Å². The Morgan fingerprint density at radius 2 is 1.33 bits per heavy atom. The average Bonchev–Trinajstić information content (AvgIpc) is 3.55. The number of aryl methyl sites for hydroxylation is 1. The third kappa shape index (κ3) is 9.63. The van der Waals surface area contributed by atoms with Crippen molar-refractivity contribution in [1.29, 1.82) is 0 Å². The molecule has 0 aliphatic carbocycles. The van der Waals surface area contributed by atoms with Crippen molar-refractivity contribution in [3.8, 4) is 21.7 Å². The summed E-state index contributed by atoms with van der Waals surface area (Å²) in [5.74, 6) is 0.286. The van der Waals surface area contributed by atoms with Crippen molar-refractivity contribution in [3.63, 3.8) is 0 Å². The molecule has 0 aliphatic heterocycles. The van der Waals surface area contributed by atoms with Crippen LogP contribution in [0, 0.1) is 23.8 Å². The van der Waals surface area contributed by atoms with E-state index in [2.05, 4.69) is 138 Å².